The van der Waals surface area contributed by atoms with Crippen molar-refractivity contribution in [2.24, 2.45) is 0 Å². The number of hydrogen-bond acceptors (Lipinski definition) is 4. The first-order valence-electron chi connectivity index (χ1n) is 5.30. The van der Waals surface area contributed by atoms with Crippen molar-refractivity contribution in [3.63, 3.8) is 0 Å². The van der Waals surface area contributed by atoms with E-state index in [-0.39, 0.29) is 11.4 Å². The van der Waals surface area contributed by atoms with E-state index in [1.807, 2.05) is 6.07 Å². The molecule has 1 heterocycles. The molecule has 0 bridgehead atoms. The first-order chi connectivity index (χ1) is 8.63. The zero-order valence-corrected chi connectivity index (χ0v) is 11.3. The van der Waals surface area contributed by atoms with Crippen molar-refractivity contribution < 1.29 is 9.53 Å². The first-order valence-corrected chi connectivity index (χ1v) is 6.22. The Labute approximate surface area is 111 Å². The fraction of sp³-hybridized carbons (Fsp3) is 0.250. The van der Waals surface area contributed by atoms with E-state index < -0.39 is 4.83 Å². The average molecular weight is 311 g/mol. The predicted molar refractivity (Wildman–Crippen MR) is 70.7 cm³/mol. The van der Waals surface area contributed by atoms with Crippen LogP contribution in [-0.4, -0.2) is 27.7 Å². The number of hydrogen-bond donors (Lipinski definition) is 0. The van der Waals surface area contributed by atoms with Crippen LogP contribution in [0.4, 0.5) is 0 Å². The molecule has 1 unspecified atom stereocenters. The molecule has 0 fully saturated rings. The Bertz CT molecular complexity index is 639. The molecular formula is C12H11BrN2O3. The van der Waals surface area contributed by atoms with E-state index in [4.69, 9.17) is 0 Å². The predicted octanol–water partition coefficient (Wildman–Crippen LogP) is 1.33. The molecule has 0 aliphatic carbocycles. The number of alkyl halides is 1. The van der Waals surface area contributed by atoms with Gasteiger partial charge in [0.15, 0.2) is 0 Å². The summed E-state index contributed by atoms with van der Waals surface area (Å²) in [5.74, 6) is -0.375. The fourth-order valence-electron chi connectivity index (χ4n) is 1.66. The minimum absolute atomic E-state index is 0.133. The van der Waals surface area contributed by atoms with Gasteiger partial charge in [-0.3, -0.25) is 14.3 Å². The molecule has 18 heavy (non-hydrogen) atoms. The van der Waals surface area contributed by atoms with E-state index in [1.54, 1.807) is 22.9 Å². The van der Waals surface area contributed by atoms with Gasteiger partial charge in [-0.2, -0.15) is 5.10 Å². The van der Waals surface area contributed by atoms with Crippen LogP contribution in [0.15, 0.2) is 35.3 Å². The third-order valence-corrected chi connectivity index (χ3v) is 3.22. The first kappa shape index (κ1) is 12.8. The summed E-state index contributed by atoms with van der Waals surface area (Å²) in [6.07, 6.45) is 1.25. The van der Waals surface area contributed by atoms with Gasteiger partial charge < -0.3 is 4.74 Å². The van der Waals surface area contributed by atoms with Gasteiger partial charge >= 0.3 is 5.97 Å². The number of ether oxygens (including phenoxy) is 1. The van der Waals surface area contributed by atoms with Gasteiger partial charge in [-0.1, -0.05) is 28.1 Å². The maximum Gasteiger partial charge on any atom is 0.321 e. The number of methoxy groups -OCH3 is 1. The van der Waals surface area contributed by atoms with Gasteiger partial charge in [0.1, 0.15) is 4.83 Å². The minimum Gasteiger partial charge on any atom is -0.468 e. The molecule has 2 aromatic rings. The Kier molecular flexibility index (Phi) is 3.76. The summed E-state index contributed by atoms with van der Waals surface area (Å²) in [6, 6.07) is 7.14. The molecule has 94 valence electrons. The lowest BCUT2D eigenvalue weighted by molar-refractivity contribution is -0.140. The summed E-state index contributed by atoms with van der Waals surface area (Å²) >= 11 is 3.23. The van der Waals surface area contributed by atoms with Crippen molar-refractivity contribution in [2.75, 3.05) is 7.11 Å². The third-order valence-electron chi connectivity index (χ3n) is 2.55. The summed E-state index contributed by atoms with van der Waals surface area (Å²) < 4.78 is 6.24. The number of carbonyl (C=O) groups is 1. The molecule has 0 radical (unpaired) electrons. The molecule has 6 heteroatoms. The number of rotatable bonds is 3. The lowest BCUT2D eigenvalue weighted by Gasteiger charge is -2.12. The molecule has 0 saturated carbocycles. The van der Waals surface area contributed by atoms with Crippen molar-refractivity contribution in [2.45, 2.75) is 11.4 Å². The molecule has 2 rings (SSSR count). The molecule has 1 aromatic carbocycles. The number of fused-ring (bicyclic) bond motifs is 1. The van der Waals surface area contributed by atoms with Gasteiger partial charge in [0.05, 0.1) is 25.4 Å². The number of aromatic nitrogens is 2. The van der Waals surface area contributed by atoms with E-state index >= 15 is 0 Å². The van der Waals surface area contributed by atoms with Crippen LogP contribution in [0.5, 0.6) is 0 Å². The Balaban J connectivity index is 2.43. The van der Waals surface area contributed by atoms with E-state index in [9.17, 15) is 9.59 Å². The SMILES string of the molecule is COC(=O)C(Br)Cn1ncc(=O)c2ccccc21. The number of benzene rings is 1. The zero-order chi connectivity index (χ0) is 13.1. The van der Waals surface area contributed by atoms with Crippen molar-refractivity contribution >= 4 is 32.8 Å². The highest BCUT2D eigenvalue weighted by molar-refractivity contribution is 9.10. The standard InChI is InChI=1S/C12H11BrN2O3/c1-18-12(17)9(13)7-15-10-5-3-2-4-8(10)11(16)6-14-15/h2-6,9H,7H2,1H3. The van der Waals surface area contributed by atoms with Crippen molar-refractivity contribution in [3.05, 3.63) is 40.7 Å². The number of para-hydroxylation sites is 1. The fourth-order valence-corrected chi connectivity index (χ4v) is 2.12. The molecular weight excluding hydrogens is 300 g/mol. The number of nitrogens with zero attached hydrogens (tertiary/aromatic N) is 2. The molecule has 5 nitrogen and oxygen atoms in total. The monoisotopic (exact) mass is 310 g/mol. The van der Waals surface area contributed by atoms with Gasteiger partial charge in [-0.05, 0) is 12.1 Å². The molecule has 0 N–H and O–H groups in total. The van der Waals surface area contributed by atoms with Crippen LogP contribution in [0.25, 0.3) is 10.9 Å². The Morgan fingerprint density at radius 3 is 2.94 bits per heavy atom. The van der Waals surface area contributed by atoms with Gasteiger partial charge in [0, 0.05) is 5.39 Å². The van der Waals surface area contributed by atoms with Gasteiger partial charge in [0.25, 0.3) is 0 Å². The highest BCUT2D eigenvalue weighted by atomic mass is 79.9. The van der Waals surface area contributed by atoms with Crippen LogP contribution in [-0.2, 0) is 16.1 Å². The molecule has 0 aliphatic heterocycles. The average Bonchev–Trinajstić information content (AvgIpc) is 2.41. The number of halogens is 1. The van der Waals surface area contributed by atoms with E-state index in [0.717, 1.165) is 0 Å². The second-order valence-corrected chi connectivity index (χ2v) is 4.80. The summed E-state index contributed by atoms with van der Waals surface area (Å²) in [6.45, 7) is 0.299. The zero-order valence-electron chi connectivity index (χ0n) is 9.67. The summed E-state index contributed by atoms with van der Waals surface area (Å²) in [4.78, 5) is 22.5. The summed E-state index contributed by atoms with van der Waals surface area (Å²) in [5.41, 5.74) is 0.560. The number of esters is 1. The molecule has 0 saturated heterocycles. The van der Waals surface area contributed by atoms with Crippen LogP contribution in [0.3, 0.4) is 0 Å². The van der Waals surface area contributed by atoms with Crippen molar-refractivity contribution in [1.29, 1.82) is 0 Å². The smallest absolute Gasteiger partial charge is 0.321 e. The summed E-state index contributed by atoms with van der Waals surface area (Å²) in [5, 5.41) is 4.61. The Morgan fingerprint density at radius 2 is 2.22 bits per heavy atom. The second kappa shape index (κ2) is 5.30. The largest absolute Gasteiger partial charge is 0.468 e. The third kappa shape index (κ3) is 2.43. The van der Waals surface area contributed by atoms with Crippen molar-refractivity contribution in [1.82, 2.24) is 9.78 Å². The Hall–Kier alpha value is -1.69. The highest BCUT2D eigenvalue weighted by Gasteiger charge is 2.17. The topological polar surface area (TPSA) is 61.2 Å². The molecule has 0 amide bonds. The van der Waals surface area contributed by atoms with Crippen LogP contribution < -0.4 is 5.43 Å². The van der Waals surface area contributed by atoms with E-state index in [1.165, 1.54) is 13.3 Å². The summed E-state index contributed by atoms with van der Waals surface area (Å²) in [7, 11) is 1.33. The molecule has 1 atom stereocenters. The van der Waals surface area contributed by atoms with E-state index in [2.05, 4.69) is 25.8 Å². The highest BCUT2D eigenvalue weighted by Crippen LogP contribution is 2.11. The van der Waals surface area contributed by atoms with Crippen LogP contribution in [0.1, 0.15) is 0 Å². The van der Waals surface area contributed by atoms with Crippen LogP contribution >= 0.6 is 15.9 Å². The Morgan fingerprint density at radius 1 is 1.50 bits per heavy atom. The van der Waals surface area contributed by atoms with Crippen molar-refractivity contribution in [3.8, 4) is 0 Å². The van der Waals surface area contributed by atoms with Crippen LogP contribution in [0.2, 0.25) is 0 Å². The lowest BCUT2D eigenvalue weighted by Crippen LogP contribution is -2.24. The van der Waals surface area contributed by atoms with Gasteiger partial charge in [-0.25, -0.2) is 0 Å². The molecule has 1 aromatic heterocycles. The van der Waals surface area contributed by atoms with Gasteiger partial charge in [-0.15, -0.1) is 0 Å². The van der Waals surface area contributed by atoms with Crippen LogP contribution in [0, 0.1) is 0 Å². The normalized spacial score (nSPS) is 12.3. The van der Waals surface area contributed by atoms with E-state index in [0.29, 0.717) is 17.4 Å². The quantitative estimate of drug-likeness (QED) is 0.634. The van der Waals surface area contributed by atoms with Gasteiger partial charge in [0.2, 0.25) is 5.43 Å². The minimum atomic E-state index is -0.499. The number of carbonyl (C=O) groups excluding carboxylic acids is 1. The molecule has 0 spiro atoms. The maximum absolute atomic E-state index is 11.6. The second-order valence-electron chi connectivity index (χ2n) is 3.70. The molecule has 0 aliphatic rings. The maximum atomic E-state index is 11.6. The lowest BCUT2D eigenvalue weighted by atomic mass is 10.2.